The maximum Gasteiger partial charge on any atom is 0.326 e. The van der Waals surface area contributed by atoms with Gasteiger partial charge in [0.1, 0.15) is 6.04 Å². The van der Waals surface area contributed by atoms with Crippen molar-refractivity contribution < 1.29 is 29.4 Å². The van der Waals surface area contributed by atoms with Crippen LogP contribution in [0.3, 0.4) is 0 Å². The molecule has 0 aromatic rings. The SMILES string of the molecule is CCCCCCCCCCCC(=O)N(C(=O)CCCCCCCCCCC)C(CCC(=O)O)C(=O)O. The van der Waals surface area contributed by atoms with Crippen LogP contribution in [0.15, 0.2) is 0 Å². The number of aliphatic carboxylic acids is 2. The standard InChI is InChI=1S/C29H53NO6/c1-3-5-7-9-11-13-15-17-19-21-26(31)30(25(29(35)36)23-24-28(33)34)27(32)22-20-18-16-14-12-10-8-6-4-2/h25H,3-24H2,1-2H3,(H,33,34)(H,35,36). The number of amides is 2. The molecule has 0 aliphatic carbocycles. The number of carboxylic acids is 2. The number of rotatable bonds is 25. The normalized spacial score (nSPS) is 11.8. The number of carbonyl (C=O) groups excluding carboxylic acids is 2. The highest BCUT2D eigenvalue weighted by Gasteiger charge is 2.34. The molecule has 210 valence electrons. The van der Waals surface area contributed by atoms with Crippen LogP contribution in [0.4, 0.5) is 0 Å². The zero-order valence-electron chi connectivity index (χ0n) is 23.1. The Morgan fingerprint density at radius 3 is 1.17 bits per heavy atom. The molecule has 1 unspecified atom stereocenters. The minimum absolute atomic E-state index is 0.121. The second-order valence-corrected chi connectivity index (χ2v) is 10.1. The van der Waals surface area contributed by atoms with E-state index in [0.29, 0.717) is 12.8 Å². The summed E-state index contributed by atoms with van der Waals surface area (Å²) in [4.78, 5) is 49.6. The Hall–Kier alpha value is -1.92. The highest BCUT2D eigenvalue weighted by molar-refractivity contribution is 5.99. The van der Waals surface area contributed by atoms with Gasteiger partial charge in [-0.15, -0.1) is 0 Å². The highest BCUT2D eigenvalue weighted by atomic mass is 16.4. The van der Waals surface area contributed by atoms with Gasteiger partial charge in [-0.2, -0.15) is 0 Å². The molecule has 2 N–H and O–H groups in total. The fourth-order valence-electron chi connectivity index (χ4n) is 4.52. The second-order valence-electron chi connectivity index (χ2n) is 10.1. The van der Waals surface area contributed by atoms with Crippen LogP contribution in [0.25, 0.3) is 0 Å². The smallest absolute Gasteiger partial charge is 0.326 e. The maximum absolute atomic E-state index is 12.9. The molecule has 0 radical (unpaired) electrons. The molecule has 1 atom stereocenters. The minimum atomic E-state index is -1.42. The summed E-state index contributed by atoms with van der Waals surface area (Å²) >= 11 is 0. The van der Waals surface area contributed by atoms with E-state index in [2.05, 4.69) is 13.8 Å². The van der Waals surface area contributed by atoms with Crippen molar-refractivity contribution in [3.63, 3.8) is 0 Å². The van der Waals surface area contributed by atoms with E-state index in [4.69, 9.17) is 5.11 Å². The zero-order valence-corrected chi connectivity index (χ0v) is 23.1. The summed E-state index contributed by atoms with van der Waals surface area (Å²) in [6.45, 7) is 4.39. The molecule has 0 aliphatic heterocycles. The van der Waals surface area contributed by atoms with Crippen LogP contribution in [-0.2, 0) is 19.2 Å². The Morgan fingerprint density at radius 1 is 0.528 bits per heavy atom. The first-order chi connectivity index (χ1) is 17.3. The summed E-state index contributed by atoms with van der Waals surface area (Å²) in [6.07, 6.45) is 19.2. The van der Waals surface area contributed by atoms with Crippen molar-refractivity contribution >= 4 is 23.8 Å². The van der Waals surface area contributed by atoms with Crippen LogP contribution in [-0.4, -0.2) is 44.9 Å². The van der Waals surface area contributed by atoms with Crippen molar-refractivity contribution in [2.45, 2.75) is 161 Å². The van der Waals surface area contributed by atoms with E-state index < -0.39 is 36.2 Å². The third-order valence-corrected chi connectivity index (χ3v) is 6.75. The predicted octanol–water partition coefficient (Wildman–Crippen LogP) is 7.50. The topological polar surface area (TPSA) is 112 Å². The van der Waals surface area contributed by atoms with E-state index >= 15 is 0 Å². The molecule has 0 spiro atoms. The average Bonchev–Trinajstić information content (AvgIpc) is 2.83. The van der Waals surface area contributed by atoms with Crippen LogP contribution in [0.2, 0.25) is 0 Å². The molecule has 2 amide bonds. The lowest BCUT2D eigenvalue weighted by molar-refractivity contribution is -0.159. The van der Waals surface area contributed by atoms with Crippen molar-refractivity contribution in [2.75, 3.05) is 0 Å². The van der Waals surface area contributed by atoms with Crippen LogP contribution in [0.1, 0.15) is 155 Å². The number of unbranched alkanes of at least 4 members (excludes halogenated alkanes) is 16. The molecule has 0 aliphatic rings. The van der Waals surface area contributed by atoms with Gasteiger partial charge in [-0.25, -0.2) is 4.79 Å². The first-order valence-corrected chi connectivity index (χ1v) is 14.6. The molecular formula is C29H53NO6. The third kappa shape index (κ3) is 18.4. The van der Waals surface area contributed by atoms with E-state index in [-0.39, 0.29) is 19.3 Å². The molecule has 0 rings (SSSR count). The van der Waals surface area contributed by atoms with Gasteiger partial charge < -0.3 is 10.2 Å². The van der Waals surface area contributed by atoms with E-state index in [1.165, 1.54) is 64.2 Å². The van der Waals surface area contributed by atoms with Gasteiger partial charge >= 0.3 is 11.9 Å². The van der Waals surface area contributed by atoms with Crippen LogP contribution < -0.4 is 0 Å². The Bertz CT molecular complexity index is 573. The second kappa shape index (κ2) is 23.5. The summed E-state index contributed by atoms with van der Waals surface area (Å²) in [7, 11) is 0. The van der Waals surface area contributed by atoms with E-state index in [9.17, 15) is 24.3 Å². The van der Waals surface area contributed by atoms with Crippen molar-refractivity contribution in [1.82, 2.24) is 4.90 Å². The zero-order chi connectivity index (χ0) is 27.0. The first-order valence-electron chi connectivity index (χ1n) is 14.6. The Kier molecular flexibility index (Phi) is 22.2. The molecule has 0 fully saturated rings. The van der Waals surface area contributed by atoms with E-state index in [0.717, 1.165) is 43.4 Å². The number of hydrogen-bond acceptors (Lipinski definition) is 4. The van der Waals surface area contributed by atoms with Gasteiger partial charge in [0.05, 0.1) is 0 Å². The molecule has 0 heterocycles. The Balaban J connectivity index is 4.66. The lowest BCUT2D eigenvalue weighted by Gasteiger charge is -2.27. The van der Waals surface area contributed by atoms with Gasteiger partial charge in [-0.1, -0.05) is 117 Å². The van der Waals surface area contributed by atoms with Crippen LogP contribution >= 0.6 is 0 Å². The van der Waals surface area contributed by atoms with Gasteiger partial charge in [0.2, 0.25) is 11.8 Å². The fourth-order valence-corrected chi connectivity index (χ4v) is 4.52. The number of hydrogen-bond donors (Lipinski definition) is 2. The summed E-state index contributed by atoms with van der Waals surface area (Å²) in [5.74, 6) is -3.44. The number of imide groups is 1. The summed E-state index contributed by atoms with van der Waals surface area (Å²) in [5, 5.41) is 18.7. The third-order valence-electron chi connectivity index (χ3n) is 6.75. The van der Waals surface area contributed by atoms with Gasteiger partial charge in [-0.3, -0.25) is 19.3 Å². The van der Waals surface area contributed by atoms with Gasteiger partial charge in [0.25, 0.3) is 0 Å². The van der Waals surface area contributed by atoms with Crippen molar-refractivity contribution in [3.05, 3.63) is 0 Å². The molecule has 0 bridgehead atoms. The van der Waals surface area contributed by atoms with Gasteiger partial charge in [0, 0.05) is 19.3 Å². The average molecular weight is 512 g/mol. The summed E-state index contributed by atoms with van der Waals surface area (Å²) < 4.78 is 0. The molecule has 0 saturated heterocycles. The summed E-state index contributed by atoms with van der Waals surface area (Å²) in [5.41, 5.74) is 0. The van der Waals surface area contributed by atoms with Crippen LogP contribution in [0, 0.1) is 0 Å². The quantitative estimate of drug-likeness (QED) is 0.123. The summed E-state index contributed by atoms with van der Waals surface area (Å²) in [6, 6.07) is -1.42. The largest absolute Gasteiger partial charge is 0.481 e. The number of carboxylic acid groups (broad SMARTS) is 2. The Morgan fingerprint density at radius 2 is 0.861 bits per heavy atom. The van der Waals surface area contributed by atoms with Crippen LogP contribution in [0.5, 0.6) is 0 Å². The molecular weight excluding hydrogens is 458 g/mol. The maximum atomic E-state index is 12.9. The lowest BCUT2D eigenvalue weighted by Crippen LogP contribution is -2.48. The van der Waals surface area contributed by atoms with Crippen molar-refractivity contribution in [1.29, 1.82) is 0 Å². The lowest BCUT2D eigenvalue weighted by atomic mass is 10.0. The predicted molar refractivity (Wildman–Crippen MR) is 144 cm³/mol. The minimum Gasteiger partial charge on any atom is -0.481 e. The van der Waals surface area contributed by atoms with Gasteiger partial charge in [0.15, 0.2) is 0 Å². The molecule has 0 aromatic carbocycles. The van der Waals surface area contributed by atoms with E-state index in [1.807, 2.05) is 0 Å². The first kappa shape index (κ1) is 34.1. The van der Waals surface area contributed by atoms with Crippen molar-refractivity contribution in [2.24, 2.45) is 0 Å². The number of carbonyl (C=O) groups is 4. The van der Waals surface area contributed by atoms with Gasteiger partial charge in [-0.05, 0) is 19.3 Å². The van der Waals surface area contributed by atoms with E-state index in [1.54, 1.807) is 0 Å². The monoisotopic (exact) mass is 511 g/mol. The highest BCUT2D eigenvalue weighted by Crippen LogP contribution is 2.18. The van der Waals surface area contributed by atoms with Crippen molar-refractivity contribution in [3.8, 4) is 0 Å². The molecule has 7 heteroatoms. The molecule has 0 aromatic heterocycles. The molecule has 36 heavy (non-hydrogen) atoms. The molecule has 0 saturated carbocycles. The number of nitrogens with zero attached hydrogens (tertiary/aromatic N) is 1. The molecule has 7 nitrogen and oxygen atoms in total. The Labute approximate surface area is 219 Å². The fraction of sp³-hybridized carbons (Fsp3) is 0.862.